The molecule has 390 valence electrons. The molecule has 0 rings (SSSR count). The zero-order valence-electron chi connectivity index (χ0n) is 44.2. The summed E-state index contributed by atoms with van der Waals surface area (Å²) in [6.07, 6.45) is 76.8. The molecule has 69 heavy (non-hydrogen) atoms. The first-order chi connectivity index (χ1) is 33.5. The van der Waals surface area contributed by atoms with Gasteiger partial charge in [0, 0.05) is 6.42 Å². The third kappa shape index (κ3) is 52.0. The number of nitrogens with zero attached hydrogens (tertiary/aromatic N) is 1. The van der Waals surface area contributed by atoms with Gasteiger partial charge in [0.05, 0.1) is 39.9 Å². The van der Waals surface area contributed by atoms with Crippen LogP contribution in [0, 0.1) is 0 Å². The van der Waals surface area contributed by atoms with Gasteiger partial charge in [0.2, 0.25) is 5.91 Å². The first-order valence-electron chi connectivity index (χ1n) is 26.7. The van der Waals surface area contributed by atoms with E-state index in [4.69, 9.17) is 9.05 Å². The molecule has 2 N–H and O–H groups in total. The molecule has 0 aromatic heterocycles. The van der Waals surface area contributed by atoms with Crippen LogP contribution in [0.2, 0.25) is 0 Å². The Hall–Kier alpha value is -3.62. The van der Waals surface area contributed by atoms with Gasteiger partial charge >= 0.3 is 0 Å². The Morgan fingerprint density at radius 1 is 0.522 bits per heavy atom. The zero-order chi connectivity index (χ0) is 50.6. The van der Waals surface area contributed by atoms with Crippen LogP contribution in [0.1, 0.15) is 174 Å². The average molecular weight is 975 g/mol. The van der Waals surface area contributed by atoms with Crippen molar-refractivity contribution in [1.29, 1.82) is 0 Å². The Balaban J connectivity index is 4.01. The standard InChI is InChI=1S/C60H99N2O6P/c1-6-8-10-12-14-15-16-17-18-19-20-21-22-23-24-25-26-27-28-29-30-31-32-33-34-35-36-37-38-39-40-41-42-43-44-45-46-47-48-50-52-54-60(64)61-58(59(63)53-51-49-13-11-9-7-2)57-68-69(65,66)67-56-55-62(3,4)5/h8,10,14-15,17-18,20-21,23-24,26-27,29-30,32-33,35-36,38-39,41-42,51,53,58-59,63H,6-7,9,11-13,16,19,22,25,28,31,34,37,40,43-50,52,54-57H2,1-5H3,(H-,61,64,65,66)/b10-8-,15-14-,18-17-,21-20-,24-23-,27-26-,30-29-,33-32-,36-35-,39-38-,42-41-,53-51+. The molecule has 8 nitrogen and oxygen atoms in total. The van der Waals surface area contributed by atoms with Crippen LogP contribution in [0.3, 0.4) is 0 Å². The fourth-order valence-corrected chi connectivity index (χ4v) is 7.35. The van der Waals surface area contributed by atoms with E-state index in [-0.39, 0.29) is 12.5 Å². The molecule has 0 radical (unpaired) electrons. The molecule has 0 saturated carbocycles. The van der Waals surface area contributed by atoms with Gasteiger partial charge in [-0.1, -0.05) is 211 Å². The van der Waals surface area contributed by atoms with Crippen molar-refractivity contribution in [2.24, 2.45) is 0 Å². The molecule has 1 amide bonds. The summed E-state index contributed by atoms with van der Waals surface area (Å²) in [5, 5.41) is 13.6. The van der Waals surface area contributed by atoms with Crippen molar-refractivity contribution in [3.8, 4) is 0 Å². The lowest BCUT2D eigenvalue weighted by molar-refractivity contribution is -0.870. The topological polar surface area (TPSA) is 108 Å². The molecule has 0 aromatic rings. The summed E-state index contributed by atoms with van der Waals surface area (Å²) in [6.45, 7) is 4.40. The van der Waals surface area contributed by atoms with E-state index in [2.05, 4.69) is 153 Å². The smallest absolute Gasteiger partial charge is 0.268 e. The summed E-state index contributed by atoms with van der Waals surface area (Å²) >= 11 is 0. The molecule has 0 aromatic carbocycles. The van der Waals surface area contributed by atoms with E-state index in [1.54, 1.807) is 6.08 Å². The van der Waals surface area contributed by atoms with Gasteiger partial charge < -0.3 is 28.8 Å². The fourth-order valence-electron chi connectivity index (χ4n) is 6.62. The maximum atomic E-state index is 12.8. The van der Waals surface area contributed by atoms with Crippen molar-refractivity contribution in [1.82, 2.24) is 5.32 Å². The van der Waals surface area contributed by atoms with Gasteiger partial charge in [-0.3, -0.25) is 9.36 Å². The van der Waals surface area contributed by atoms with Gasteiger partial charge in [-0.05, 0) is 103 Å². The van der Waals surface area contributed by atoms with Gasteiger partial charge in [0.25, 0.3) is 7.82 Å². The highest BCUT2D eigenvalue weighted by atomic mass is 31.2. The predicted octanol–water partition coefficient (Wildman–Crippen LogP) is 15.5. The van der Waals surface area contributed by atoms with Crippen molar-refractivity contribution in [2.75, 3.05) is 40.9 Å². The highest BCUT2D eigenvalue weighted by Crippen LogP contribution is 2.38. The second kappa shape index (κ2) is 49.4. The van der Waals surface area contributed by atoms with Gasteiger partial charge in [-0.25, -0.2) is 0 Å². The summed E-state index contributed by atoms with van der Waals surface area (Å²) in [4.78, 5) is 25.2. The molecule has 0 saturated heterocycles. The maximum absolute atomic E-state index is 12.8. The minimum Gasteiger partial charge on any atom is -0.756 e. The summed E-state index contributed by atoms with van der Waals surface area (Å²) in [5.74, 6) is -0.222. The number of quaternary nitrogens is 1. The van der Waals surface area contributed by atoms with E-state index in [1.807, 2.05) is 27.2 Å². The number of carbonyl (C=O) groups is 1. The lowest BCUT2D eigenvalue weighted by Crippen LogP contribution is -2.45. The van der Waals surface area contributed by atoms with Crippen molar-refractivity contribution in [2.45, 2.75) is 187 Å². The Morgan fingerprint density at radius 3 is 1.29 bits per heavy atom. The van der Waals surface area contributed by atoms with Crippen LogP contribution in [0.25, 0.3) is 0 Å². The van der Waals surface area contributed by atoms with Crippen LogP contribution in [-0.4, -0.2) is 68.5 Å². The normalized spacial score (nSPS) is 15.2. The molecule has 0 spiro atoms. The Morgan fingerprint density at radius 2 is 0.884 bits per heavy atom. The predicted molar refractivity (Wildman–Crippen MR) is 297 cm³/mol. The number of aliphatic hydroxyl groups excluding tert-OH is 1. The summed E-state index contributed by atoms with van der Waals surface area (Å²) in [7, 11) is 1.22. The first-order valence-corrected chi connectivity index (χ1v) is 28.2. The molecule has 0 aliphatic carbocycles. The summed E-state index contributed by atoms with van der Waals surface area (Å²) < 4.78 is 23.1. The molecular formula is C60H99N2O6P. The van der Waals surface area contributed by atoms with Crippen molar-refractivity contribution < 1.29 is 32.9 Å². The highest BCUT2D eigenvalue weighted by Gasteiger charge is 2.23. The molecule has 3 atom stereocenters. The summed E-state index contributed by atoms with van der Waals surface area (Å²) in [5.41, 5.74) is 0. The molecule has 0 fully saturated rings. The molecule has 0 heterocycles. The SMILES string of the molecule is CC/C=C\C/C=C\C/C=C\C/C=C\C/C=C\C/C=C\C/C=C\C/C=C\C/C=C\C/C=C\C/C=C\CCCCCCCCCC(=O)NC(COP(=O)([O-])OCC[N+](C)(C)C)C(O)/C=C/CCCCCC. The van der Waals surface area contributed by atoms with E-state index < -0.39 is 26.6 Å². The van der Waals surface area contributed by atoms with E-state index in [0.29, 0.717) is 17.4 Å². The van der Waals surface area contributed by atoms with E-state index in [9.17, 15) is 19.4 Å². The largest absolute Gasteiger partial charge is 0.756 e. The minimum atomic E-state index is -4.59. The number of hydrogen-bond acceptors (Lipinski definition) is 6. The van der Waals surface area contributed by atoms with E-state index in [1.165, 1.54) is 25.7 Å². The fraction of sp³-hybridized carbons (Fsp3) is 0.583. The first kappa shape index (κ1) is 65.4. The number of unbranched alkanes of at least 4 members (excludes halogenated alkanes) is 11. The molecule has 0 aliphatic rings. The van der Waals surface area contributed by atoms with Crippen molar-refractivity contribution >= 4 is 13.7 Å². The van der Waals surface area contributed by atoms with E-state index in [0.717, 1.165) is 128 Å². The lowest BCUT2D eigenvalue weighted by atomic mass is 10.1. The second-order valence-corrected chi connectivity index (χ2v) is 19.9. The number of phosphoric ester groups is 1. The maximum Gasteiger partial charge on any atom is 0.268 e. The molecule has 0 bridgehead atoms. The minimum absolute atomic E-state index is 0.0116. The summed E-state index contributed by atoms with van der Waals surface area (Å²) in [6, 6.07) is -0.899. The quantitative estimate of drug-likeness (QED) is 0.0272. The zero-order valence-corrected chi connectivity index (χ0v) is 45.1. The lowest BCUT2D eigenvalue weighted by Gasteiger charge is -2.29. The van der Waals surface area contributed by atoms with Crippen LogP contribution < -0.4 is 10.2 Å². The van der Waals surface area contributed by atoms with Crippen LogP contribution in [0.5, 0.6) is 0 Å². The second-order valence-electron chi connectivity index (χ2n) is 18.5. The number of rotatable bonds is 46. The monoisotopic (exact) mass is 975 g/mol. The Labute approximate surface area is 423 Å². The number of carbonyl (C=O) groups excluding carboxylic acids is 1. The number of allylic oxidation sites excluding steroid dienone is 23. The number of aliphatic hydroxyl groups is 1. The average Bonchev–Trinajstić information content (AvgIpc) is 3.31. The molecule has 0 aliphatic heterocycles. The van der Waals surface area contributed by atoms with Crippen LogP contribution in [0.4, 0.5) is 0 Å². The Bertz CT molecular complexity index is 1620. The van der Waals surface area contributed by atoms with Gasteiger partial charge in [0.1, 0.15) is 13.2 Å². The van der Waals surface area contributed by atoms with Crippen LogP contribution in [0.15, 0.2) is 146 Å². The van der Waals surface area contributed by atoms with Crippen LogP contribution in [-0.2, 0) is 18.4 Å². The van der Waals surface area contributed by atoms with Gasteiger partial charge in [0.15, 0.2) is 0 Å². The molecule has 9 heteroatoms. The molecular weight excluding hydrogens is 876 g/mol. The number of likely N-dealkylation sites (N-methyl/N-ethyl adjacent to an activating group) is 1. The Kier molecular flexibility index (Phi) is 46.8. The van der Waals surface area contributed by atoms with Crippen molar-refractivity contribution in [3.05, 3.63) is 146 Å². The third-order valence-corrected chi connectivity index (χ3v) is 11.8. The highest BCUT2D eigenvalue weighted by molar-refractivity contribution is 7.45. The number of hydrogen-bond donors (Lipinski definition) is 2. The van der Waals surface area contributed by atoms with Gasteiger partial charge in [-0.2, -0.15) is 0 Å². The van der Waals surface area contributed by atoms with Crippen molar-refractivity contribution in [3.63, 3.8) is 0 Å². The number of amides is 1. The van der Waals surface area contributed by atoms with Gasteiger partial charge in [-0.15, -0.1) is 0 Å². The molecule has 3 unspecified atom stereocenters. The number of nitrogens with one attached hydrogen (secondary N) is 1. The third-order valence-electron chi connectivity index (χ3n) is 10.8. The van der Waals surface area contributed by atoms with Crippen LogP contribution >= 0.6 is 7.82 Å². The number of phosphoric acid groups is 1. The van der Waals surface area contributed by atoms with E-state index >= 15 is 0 Å².